The zero-order valence-corrected chi connectivity index (χ0v) is 31.6. The summed E-state index contributed by atoms with van der Waals surface area (Å²) in [7, 11) is 6.93. The van der Waals surface area contributed by atoms with Crippen molar-refractivity contribution in [3.05, 3.63) is 76.9 Å². The number of aliphatic hydroxyl groups excluding tert-OH is 1. The van der Waals surface area contributed by atoms with Crippen LogP contribution in [-0.2, 0) is 33.1 Å². The Morgan fingerprint density at radius 3 is 2.49 bits per heavy atom. The van der Waals surface area contributed by atoms with E-state index >= 15 is 0 Å². The van der Waals surface area contributed by atoms with Gasteiger partial charge in [-0.05, 0) is 67.5 Å². The van der Waals surface area contributed by atoms with E-state index in [4.69, 9.17) is 35.3 Å². The van der Waals surface area contributed by atoms with Gasteiger partial charge in [-0.3, -0.25) is 0 Å². The normalized spacial score (nSPS) is 16.8. The predicted molar refractivity (Wildman–Crippen MR) is 204 cm³/mol. The molecule has 0 amide bonds. The molecule has 0 spiro atoms. The Kier molecular flexibility index (Phi) is 14.0. The van der Waals surface area contributed by atoms with Gasteiger partial charge in [0.2, 0.25) is 0 Å². The number of alkyl halides is 1. The molecule has 0 saturated heterocycles. The summed E-state index contributed by atoms with van der Waals surface area (Å²) < 4.78 is 28.8. The van der Waals surface area contributed by atoms with Gasteiger partial charge in [-0.2, -0.15) is 0 Å². The lowest BCUT2D eigenvalue weighted by atomic mass is 10.1. The Hall–Kier alpha value is -2.51. The molecule has 0 radical (unpaired) electrons. The van der Waals surface area contributed by atoms with Crippen LogP contribution in [0.2, 0.25) is 0 Å². The second-order valence-electron chi connectivity index (χ2n) is 12.8. The third-order valence-corrected chi connectivity index (χ3v) is 11.6. The van der Waals surface area contributed by atoms with Crippen molar-refractivity contribution in [1.82, 2.24) is 0 Å². The molecule has 268 valence electrons. The van der Waals surface area contributed by atoms with Gasteiger partial charge < -0.3 is 43.9 Å². The zero-order chi connectivity index (χ0) is 34.8. The number of benzene rings is 3. The minimum Gasteiger partial charge on any atom is -0.493 e. The van der Waals surface area contributed by atoms with Crippen LogP contribution >= 0.6 is 33.2 Å². The number of nitrogens with one attached hydrogen (secondary N) is 1. The van der Waals surface area contributed by atoms with Crippen LogP contribution in [-0.4, -0.2) is 89.0 Å². The van der Waals surface area contributed by atoms with Crippen molar-refractivity contribution in [1.29, 1.82) is 0 Å². The summed E-state index contributed by atoms with van der Waals surface area (Å²) in [6.07, 6.45) is 2.19. The van der Waals surface area contributed by atoms with E-state index in [0.29, 0.717) is 63.6 Å². The van der Waals surface area contributed by atoms with Gasteiger partial charge in [0, 0.05) is 66.1 Å². The molecule has 2 atom stereocenters. The summed E-state index contributed by atoms with van der Waals surface area (Å²) in [6.45, 7) is 9.87. The summed E-state index contributed by atoms with van der Waals surface area (Å²) in [5.41, 5.74) is 7.03. The molecule has 49 heavy (non-hydrogen) atoms. The first-order chi connectivity index (χ1) is 23.8. The monoisotopic (exact) mass is 731 g/mol. The molecule has 3 aromatic carbocycles. The average Bonchev–Trinajstić information content (AvgIpc) is 3.42. The molecule has 3 aromatic rings. The van der Waals surface area contributed by atoms with Gasteiger partial charge in [0.1, 0.15) is 6.61 Å². The summed E-state index contributed by atoms with van der Waals surface area (Å²) in [6, 6.07) is 18.7. The molecular weight excluding hydrogens is 682 g/mol. The molecule has 2 aliphatic heterocycles. The van der Waals surface area contributed by atoms with Crippen molar-refractivity contribution in [2.45, 2.75) is 49.8 Å². The molecule has 2 N–H and O–H groups in total. The number of halogens is 1. The third-order valence-electron chi connectivity index (χ3n) is 8.67. The predicted octanol–water partition coefficient (Wildman–Crippen LogP) is 7.14. The van der Waals surface area contributed by atoms with Gasteiger partial charge in [0.25, 0.3) is 0 Å². The second kappa shape index (κ2) is 18.1. The van der Waals surface area contributed by atoms with Crippen molar-refractivity contribution in [2.75, 3.05) is 88.3 Å². The van der Waals surface area contributed by atoms with Gasteiger partial charge in [-0.25, -0.2) is 0 Å². The lowest BCUT2D eigenvalue weighted by Crippen LogP contribution is -2.38. The average molecular weight is 732 g/mol. The highest BCUT2D eigenvalue weighted by atomic mass is 35.5. The van der Waals surface area contributed by atoms with Crippen LogP contribution in [0.1, 0.15) is 42.3 Å². The van der Waals surface area contributed by atoms with Gasteiger partial charge >= 0.3 is 0 Å². The first kappa shape index (κ1) is 37.7. The number of para-hydroxylation sites is 1. The minimum absolute atomic E-state index is 0.000228. The van der Waals surface area contributed by atoms with E-state index in [1.54, 1.807) is 25.0 Å². The molecule has 2 heterocycles. The fraction of sp³-hybridized carbons (Fsp3) is 0.514. The van der Waals surface area contributed by atoms with Crippen molar-refractivity contribution in [3.8, 4) is 11.5 Å². The Bertz CT molecular complexity index is 1510. The fourth-order valence-corrected chi connectivity index (χ4v) is 8.80. The molecule has 12 heteroatoms. The number of hydrogen-bond acceptors (Lipinski definition) is 11. The maximum Gasteiger partial charge on any atom is 0.163 e. The van der Waals surface area contributed by atoms with Crippen LogP contribution in [0.25, 0.3) is 0 Å². The number of rotatable bonds is 19. The molecule has 5 rings (SSSR count). The Morgan fingerprint density at radius 1 is 0.980 bits per heavy atom. The quantitative estimate of drug-likeness (QED) is 0.0750. The Labute approximate surface area is 304 Å². The van der Waals surface area contributed by atoms with Gasteiger partial charge in [0.05, 0.1) is 46.2 Å². The maximum atomic E-state index is 11.6. The summed E-state index contributed by atoms with van der Waals surface area (Å²) in [4.78, 5) is 4.48. The van der Waals surface area contributed by atoms with Crippen molar-refractivity contribution in [3.63, 3.8) is 0 Å². The number of aliphatic hydroxyl groups is 1. The van der Waals surface area contributed by atoms with E-state index in [1.807, 2.05) is 29.0 Å². The second-order valence-corrected chi connectivity index (χ2v) is 16.2. The SMILES string of the molecule is COCCOCCOCCN(CC(C)(C)SSC)c1cc(CCl)cc(COc2cc3c(cc2OC)C(O)N2c4ccccc4C[C@H]2CN3)c1. The smallest absolute Gasteiger partial charge is 0.163 e. The van der Waals surface area contributed by atoms with E-state index < -0.39 is 6.23 Å². The molecule has 1 unspecified atom stereocenters. The van der Waals surface area contributed by atoms with Crippen LogP contribution in [0, 0.1) is 0 Å². The zero-order valence-electron chi connectivity index (χ0n) is 29.2. The number of ether oxygens (including phenoxy) is 5. The lowest BCUT2D eigenvalue weighted by molar-refractivity contribution is 0.0264. The highest BCUT2D eigenvalue weighted by Gasteiger charge is 2.37. The van der Waals surface area contributed by atoms with Crippen molar-refractivity contribution >= 4 is 50.3 Å². The largest absolute Gasteiger partial charge is 0.493 e. The number of fused-ring (bicyclic) bond motifs is 4. The minimum atomic E-state index is -0.809. The topological polar surface area (TPSA) is 84.9 Å². The van der Waals surface area contributed by atoms with Crippen molar-refractivity contribution in [2.24, 2.45) is 0 Å². The Balaban J connectivity index is 1.32. The number of methoxy groups -OCH3 is 2. The molecular formula is C37H50ClN3O6S2. The number of nitrogens with zero attached hydrogens (tertiary/aromatic N) is 2. The number of anilines is 3. The number of hydrogen-bond donors (Lipinski definition) is 2. The summed E-state index contributed by atoms with van der Waals surface area (Å²) in [5.74, 6) is 1.56. The van der Waals surface area contributed by atoms with Gasteiger partial charge in [-0.1, -0.05) is 45.9 Å². The maximum absolute atomic E-state index is 11.6. The fourth-order valence-electron chi connectivity index (χ4n) is 6.48. The molecule has 0 saturated carbocycles. The van der Waals surface area contributed by atoms with E-state index in [1.165, 1.54) is 5.56 Å². The molecule has 9 nitrogen and oxygen atoms in total. The van der Waals surface area contributed by atoms with E-state index in [9.17, 15) is 5.11 Å². The third kappa shape index (κ3) is 9.84. The van der Waals surface area contributed by atoms with Crippen LogP contribution in [0.4, 0.5) is 17.1 Å². The standard InChI is InChI=1S/C37H50ClN3O6S2/c1-37(2,49-48-5)25-40(10-11-45-14-15-46-13-12-43-3)29-17-26(22-38)16-27(18-29)24-47-35-21-32-31(20-34(35)44-4)36(42)41-30(23-39-32)19-28-8-6-7-9-33(28)41/h6-9,16-18,20-21,30,36,39,42H,10-15,19,22-25H2,1-5H3/t30-,36?/m0/s1. The highest BCUT2D eigenvalue weighted by molar-refractivity contribution is 8.77. The first-order valence-corrected chi connectivity index (χ1v) is 19.8. The lowest BCUT2D eigenvalue weighted by Gasteiger charge is -2.34. The van der Waals surface area contributed by atoms with Crippen LogP contribution in [0.5, 0.6) is 11.5 Å². The van der Waals surface area contributed by atoms with E-state index in [0.717, 1.165) is 53.3 Å². The molecule has 0 aliphatic carbocycles. The molecule has 0 fully saturated rings. The summed E-state index contributed by atoms with van der Waals surface area (Å²) in [5, 5.41) is 15.2. The summed E-state index contributed by atoms with van der Waals surface area (Å²) >= 11 is 6.43. The highest BCUT2D eigenvalue weighted by Crippen LogP contribution is 2.45. The van der Waals surface area contributed by atoms with Gasteiger partial charge in [-0.15, -0.1) is 11.6 Å². The molecule has 2 aliphatic rings. The van der Waals surface area contributed by atoms with Gasteiger partial charge in [0.15, 0.2) is 17.7 Å². The van der Waals surface area contributed by atoms with Crippen LogP contribution in [0.15, 0.2) is 54.6 Å². The van der Waals surface area contributed by atoms with Crippen LogP contribution < -0.4 is 24.6 Å². The molecule has 0 aromatic heterocycles. The van der Waals surface area contributed by atoms with Crippen molar-refractivity contribution < 1.29 is 28.8 Å². The molecule has 0 bridgehead atoms. The van der Waals surface area contributed by atoms with E-state index in [2.05, 4.69) is 71.6 Å². The van der Waals surface area contributed by atoms with E-state index in [-0.39, 0.29) is 10.8 Å². The first-order valence-electron chi connectivity index (χ1n) is 16.7. The van der Waals surface area contributed by atoms with Crippen LogP contribution in [0.3, 0.4) is 0 Å². The Morgan fingerprint density at radius 2 is 1.73 bits per heavy atom.